The largest absolute Gasteiger partial charge is 0.396 e. The molecule has 0 heterocycles. The maximum atomic E-state index is 8.91. The molecule has 0 saturated heterocycles. The number of rotatable bonds is 8. The lowest BCUT2D eigenvalue weighted by Crippen LogP contribution is -2.37. The molecule has 0 saturated carbocycles. The Balaban J connectivity index is 2.43. The van der Waals surface area contributed by atoms with E-state index in [1.165, 1.54) is 10.8 Å². The molecule has 20 heavy (non-hydrogen) atoms. The van der Waals surface area contributed by atoms with Gasteiger partial charge in [-0.3, -0.25) is 0 Å². The predicted octanol–water partition coefficient (Wildman–Crippen LogP) is 3.12. The number of aliphatic hydroxyl groups is 1. The van der Waals surface area contributed by atoms with Crippen molar-refractivity contribution in [1.82, 2.24) is 5.32 Å². The molecule has 0 aliphatic rings. The number of nitrogens with one attached hydrogen (secondary N) is 1. The first kappa shape index (κ1) is 17.4. The number of benzene rings is 1. The summed E-state index contributed by atoms with van der Waals surface area (Å²) in [6.07, 6.45) is 1.95. The van der Waals surface area contributed by atoms with Gasteiger partial charge in [-0.25, -0.2) is 0 Å². The van der Waals surface area contributed by atoms with Crippen molar-refractivity contribution in [3.63, 3.8) is 0 Å². The van der Waals surface area contributed by atoms with Crippen LogP contribution in [0.4, 0.5) is 0 Å². The van der Waals surface area contributed by atoms with Gasteiger partial charge in [-0.1, -0.05) is 62.9 Å². The molecule has 0 atom stereocenters. The zero-order valence-corrected chi connectivity index (χ0v) is 14.8. The van der Waals surface area contributed by atoms with Gasteiger partial charge >= 0.3 is 0 Å². The summed E-state index contributed by atoms with van der Waals surface area (Å²) in [7, 11) is -1.18. The third-order valence-corrected chi connectivity index (χ3v) is 5.83. The second-order valence-corrected chi connectivity index (χ2v) is 12.6. The monoisotopic (exact) mass is 293 g/mol. The molecule has 0 aliphatic carbocycles. The Bertz CT molecular complexity index is 392. The van der Waals surface area contributed by atoms with Crippen LogP contribution in [-0.4, -0.2) is 26.3 Å². The van der Waals surface area contributed by atoms with Crippen molar-refractivity contribution in [3.8, 4) is 0 Å². The summed E-state index contributed by atoms with van der Waals surface area (Å²) in [4.78, 5) is 0. The van der Waals surface area contributed by atoms with Crippen LogP contribution in [0.15, 0.2) is 24.3 Å². The Morgan fingerprint density at radius 2 is 1.70 bits per heavy atom. The molecular weight excluding hydrogens is 262 g/mol. The molecule has 0 radical (unpaired) electrons. The van der Waals surface area contributed by atoms with Crippen molar-refractivity contribution in [2.45, 2.75) is 52.9 Å². The average Bonchev–Trinajstić information content (AvgIpc) is 2.36. The van der Waals surface area contributed by atoms with Crippen molar-refractivity contribution in [2.75, 3.05) is 13.2 Å². The van der Waals surface area contributed by atoms with E-state index in [1.807, 2.05) is 0 Å². The fourth-order valence-corrected chi connectivity index (χ4v) is 3.48. The van der Waals surface area contributed by atoms with Gasteiger partial charge in [0.2, 0.25) is 0 Å². The quantitative estimate of drug-likeness (QED) is 0.722. The van der Waals surface area contributed by atoms with Crippen LogP contribution in [0.2, 0.25) is 19.6 Å². The number of hydrogen-bond donors (Lipinski definition) is 2. The number of aliphatic hydroxyl groups excluding tert-OH is 1. The lowest BCUT2D eigenvalue weighted by atomic mass is 9.88. The molecule has 1 rings (SSSR count). The van der Waals surface area contributed by atoms with E-state index >= 15 is 0 Å². The van der Waals surface area contributed by atoms with E-state index in [0.29, 0.717) is 6.61 Å². The van der Waals surface area contributed by atoms with E-state index in [2.05, 4.69) is 63.1 Å². The average molecular weight is 294 g/mol. The summed E-state index contributed by atoms with van der Waals surface area (Å²) in [5.41, 5.74) is 1.60. The molecule has 0 fully saturated rings. The standard InChI is InChI=1S/C17H31NOSi/c1-17(2,11-6-12-19)14-18-13-15-7-9-16(10-8-15)20(3,4)5/h7-10,18-19H,6,11-14H2,1-5H3. The van der Waals surface area contributed by atoms with E-state index in [9.17, 15) is 0 Å². The molecule has 0 spiro atoms. The molecule has 0 amide bonds. The summed E-state index contributed by atoms with van der Waals surface area (Å²) in [5, 5.41) is 14.0. The SMILES string of the molecule is CC(C)(CCCO)CNCc1ccc([Si](C)(C)C)cc1. The van der Waals surface area contributed by atoms with Crippen molar-refractivity contribution >= 4 is 13.3 Å². The summed E-state index contributed by atoms with van der Waals surface area (Å²) >= 11 is 0. The highest BCUT2D eigenvalue weighted by Crippen LogP contribution is 2.20. The van der Waals surface area contributed by atoms with Crippen LogP contribution in [0.1, 0.15) is 32.3 Å². The van der Waals surface area contributed by atoms with Gasteiger partial charge in [-0.05, 0) is 23.8 Å². The molecule has 0 aliphatic heterocycles. The first-order chi connectivity index (χ1) is 9.24. The number of hydrogen-bond acceptors (Lipinski definition) is 2. The van der Waals surface area contributed by atoms with Crippen molar-refractivity contribution < 1.29 is 5.11 Å². The summed E-state index contributed by atoms with van der Waals surface area (Å²) < 4.78 is 0. The van der Waals surface area contributed by atoms with Gasteiger partial charge in [0.1, 0.15) is 0 Å². The summed E-state index contributed by atoms with van der Waals surface area (Å²) in [5.74, 6) is 0. The second-order valence-electron chi connectivity index (χ2n) is 7.54. The normalized spacial score (nSPS) is 12.7. The third-order valence-electron chi connectivity index (χ3n) is 3.76. The fraction of sp³-hybridized carbons (Fsp3) is 0.647. The minimum absolute atomic E-state index is 0.251. The van der Waals surface area contributed by atoms with Gasteiger partial charge in [0.05, 0.1) is 8.07 Å². The molecule has 114 valence electrons. The molecule has 3 heteroatoms. The lowest BCUT2D eigenvalue weighted by molar-refractivity contribution is 0.236. The maximum Gasteiger partial charge on any atom is 0.0775 e. The molecular formula is C17H31NOSi. The third kappa shape index (κ3) is 6.20. The van der Waals surface area contributed by atoms with Gasteiger partial charge in [0.15, 0.2) is 0 Å². The fourth-order valence-electron chi connectivity index (χ4n) is 2.31. The van der Waals surface area contributed by atoms with E-state index in [4.69, 9.17) is 5.11 Å². The van der Waals surface area contributed by atoms with Crippen LogP contribution in [0.5, 0.6) is 0 Å². The van der Waals surface area contributed by atoms with E-state index in [-0.39, 0.29) is 5.41 Å². The second kappa shape index (κ2) is 7.39. The van der Waals surface area contributed by atoms with Crippen molar-refractivity contribution in [3.05, 3.63) is 29.8 Å². The van der Waals surface area contributed by atoms with E-state index < -0.39 is 8.07 Å². The molecule has 0 aromatic heterocycles. The minimum Gasteiger partial charge on any atom is -0.396 e. The van der Waals surface area contributed by atoms with Gasteiger partial charge in [0.25, 0.3) is 0 Å². The molecule has 1 aromatic rings. The van der Waals surface area contributed by atoms with Gasteiger partial charge in [-0.2, -0.15) is 0 Å². The maximum absolute atomic E-state index is 8.91. The van der Waals surface area contributed by atoms with E-state index in [1.54, 1.807) is 0 Å². The van der Waals surface area contributed by atoms with Crippen LogP contribution < -0.4 is 10.5 Å². The van der Waals surface area contributed by atoms with Crippen LogP contribution in [-0.2, 0) is 6.54 Å². The highest BCUT2D eigenvalue weighted by molar-refractivity contribution is 6.88. The Morgan fingerprint density at radius 1 is 1.10 bits per heavy atom. The molecule has 2 nitrogen and oxygen atoms in total. The van der Waals surface area contributed by atoms with Gasteiger partial charge in [0, 0.05) is 19.7 Å². The Kier molecular flexibility index (Phi) is 6.43. The Hall–Kier alpha value is -0.643. The highest BCUT2D eigenvalue weighted by atomic mass is 28.3. The molecule has 0 bridgehead atoms. The Morgan fingerprint density at radius 3 is 2.20 bits per heavy atom. The summed E-state index contributed by atoms with van der Waals surface area (Å²) in [6.45, 7) is 13.9. The van der Waals surface area contributed by atoms with Crippen LogP contribution in [0.3, 0.4) is 0 Å². The topological polar surface area (TPSA) is 32.3 Å². The van der Waals surface area contributed by atoms with Crippen molar-refractivity contribution in [1.29, 1.82) is 0 Å². The molecule has 2 N–H and O–H groups in total. The molecule has 1 aromatic carbocycles. The lowest BCUT2D eigenvalue weighted by Gasteiger charge is -2.25. The van der Waals surface area contributed by atoms with Gasteiger partial charge < -0.3 is 10.4 Å². The zero-order chi connectivity index (χ0) is 15.2. The van der Waals surface area contributed by atoms with Gasteiger partial charge in [-0.15, -0.1) is 0 Å². The van der Waals surface area contributed by atoms with Crippen LogP contribution in [0, 0.1) is 5.41 Å². The van der Waals surface area contributed by atoms with Crippen molar-refractivity contribution in [2.24, 2.45) is 5.41 Å². The smallest absolute Gasteiger partial charge is 0.0775 e. The molecule has 0 unspecified atom stereocenters. The highest BCUT2D eigenvalue weighted by Gasteiger charge is 2.17. The van der Waals surface area contributed by atoms with Crippen LogP contribution in [0.25, 0.3) is 0 Å². The first-order valence-corrected chi connectivity index (χ1v) is 11.2. The zero-order valence-electron chi connectivity index (χ0n) is 13.8. The van der Waals surface area contributed by atoms with E-state index in [0.717, 1.165) is 25.9 Å². The van der Waals surface area contributed by atoms with Crippen LogP contribution >= 0.6 is 0 Å². The Labute approximate surface area is 125 Å². The minimum atomic E-state index is -1.18. The predicted molar refractivity (Wildman–Crippen MR) is 91.2 cm³/mol. The summed E-state index contributed by atoms with van der Waals surface area (Å²) in [6, 6.07) is 9.09. The first-order valence-electron chi connectivity index (χ1n) is 7.66.